The number of halogens is 1. The van der Waals surface area contributed by atoms with Gasteiger partial charge in [0.15, 0.2) is 0 Å². The highest BCUT2D eigenvalue weighted by Crippen LogP contribution is 2.25. The predicted octanol–water partition coefficient (Wildman–Crippen LogP) is 2.90. The molecule has 3 nitrogen and oxygen atoms in total. The van der Waals surface area contributed by atoms with Gasteiger partial charge in [0, 0.05) is 12.1 Å². The summed E-state index contributed by atoms with van der Waals surface area (Å²) in [4.78, 5) is 0. The Hall–Kier alpha value is -0.350. The zero-order valence-corrected chi connectivity index (χ0v) is 10.8. The zero-order chi connectivity index (χ0) is 10.7. The topological polar surface area (TPSA) is 29.9 Å². The number of nitrogens with one attached hydrogen (secondary N) is 1. The quantitative estimate of drug-likeness (QED) is 0.902. The molecule has 1 atom stereocenters. The van der Waals surface area contributed by atoms with E-state index in [9.17, 15) is 0 Å². The first kappa shape index (κ1) is 11.7. The predicted molar refractivity (Wildman–Crippen MR) is 62.4 cm³/mol. The van der Waals surface area contributed by atoms with E-state index in [1.165, 1.54) is 5.69 Å². The van der Waals surface area contributed by atoms with Gasteiger partial charge in [-0.25, -0.2) is 0 Å². The summed E-state index contributed by atoms with van der Waals surface area (Å²) in [6, 6.07) is 0.733. The maximum Gasteiger partial charge on any atom is 0.0695 e. The Bertz CT molecular complexity index is 294. The molecule has 1 unspecified atom stereocenters. The molecule has 1 aromatic heterocycles. The van der Waals surface area contributed by atoms with E-state index in [2.05, 4.69) is 58.7 Å². The van der Waals surface area contributed by atoms with Gasteiger partial charge in [-0.2, -0.15) is 5.10 Å². The lowest BCUT2D eigenvalue weighted by Crippen LogP contribution is -2.22. The molecule has 0 fully saturated rings. The second-order valence-corrected chi connectivity index (χ2v) is 4.55. The van der Waals surface area contributed by atoms with Gasteiger partial charge in [-0.15, -0.1) is 0 Å². The Balaban J connectivity index is 2.98. The molecule has 0 aliphatic rings. The molecule has 14 heavy (non-hydrogen) atoms. The van der Waals surface area contributed by atoms with Gasteiger partial charge >= 0.3 is 0 Å². The van der Waals surface area contributed by atoms with Crippen LogP contribution in [0.4, 0.5) is 0 Å². The van der Waals surface area contributed by atoms with Crippen LogP contribution in [0.3, 0.4) is 0 Å². The average molecular weight is 260 g/mol. The van der Waals surface area contributed by atoms with Crippen molar-refractivity contribution in [2.75, 3.05) is 6.54 Å². The van der Waals surface area contributed by atoms with Gasteiger partial charge in [0.05, 0.1) is 16.4 Å². The second kappa shape index (κ2) is 4.94. The van der Waals surface area contributed by atoms with Gasteiger partial charge < -0.3 is 5.32 Å². The molecule has 0 aliphatic carbocycles. The highest BCUT2D eigenvalue weighted by atomic mass is 79.9. The SMILES string of the molecule is CCNC(C)c1c(Br)cnn1C(C)C. The van der Waals surface area contributed by atoms with Crippen LogP contribution in [-0.4, -0.2) is 16.3 Å². The standard InChI is InChI=1S/C10H18BrN3/c1-5-12-8(4)10-9(11)6-13-14(10)7(2)3/h6-8,12H,5H2,1-4H3. The van der Waals surface area contributed by atoms with Crippen molar-refractivity contribution in [2.45, 2.75) is 39.8 Å². The molecular formula is C10H18BrN3. The molecule has 1 rings (SSSR count). The highest BCUT2D eigenvalue weighted by molar-refractivity contribution is 9.10. The highest BCUT2D eigenvalue weighted by Gasteiger charge is 2.16. The number of aromatic nitrogens is 2. The first-order chi connectivity index (χ1) is 6.57. The van der Waals surface area contributed by atoms with Crippen LogP contribution < -0.4 is 5.32 Å². The summed E-state index contributed by atoms with van der Waals surface area (Å²) in [5.41, 5.74) is 1.22. The van der Waals surface area contributed by atoms with Crippen LogP contribution in [0.2, 0.25) is 0 Å². The Labute approximate surface area is 94.0 Å². The van der Waals surface area contributed by atoms with Crippen LogP contribution >= 0.6 is 15.9 Å². The van der Waals surface area contributed by atoms with Gasteiger partial charge in [-0.1, -0.05) is 6.92 Å². The molecule has 80 valence electrons. The van der Waals surface area contributed by atoms with E-state index in [1.807, 2.05) is 6.20 Å². The lowest BCUT2D eigenvalue weighted by molar-refractivity contribution is 0.464. The minimum Gasteiger partial charge on any atom is -0.309 e. The van der Waals surface area contributed by atoms with Crippen LogP contribution in [-0.2, 0) is 0 Å². The third kappa shape index (κ3) is 2.36. The van der Waals surface area contributed by atoms with Crippen molar-refractivity contribution < 1.29 is 0 Å². The van der Waals surface area contributed by atoms with Crippen molar-refractivity contribution in [3.63, 3.8) is 0 Å². The summed E-state index contributed by atoms with van der Waals surface area (Å²) >= 11 is 3.53. The lowest BCUT2D eigenvalue weighted by atomic mass is 10.2. The molecule has 1 heterocycles. The summed E-state index contributed by atoms with van der Waals surface area (Å²) < 4.78 is 3.14. The lowest BCUT2D eigenvalue weighted by Gasteiger charge is -2.17. The smallest absolute Gasteiger partial charge is 0.0695 e. The third-order valence-corrected chi connectivity index (χ3v) is 2.81. The molecule has 0 spiro atoms. The normalized spacial score (nSPS) is 13.6. The molecule has 0 saturated carbocycles. The van der Waals surface area contributed by atoms with Gasteiger partial charge in [0.2, 0.25) is 0 Å². The largest absolute Gasteiger partial charge is 0.309 e. The monoisotopic (exact) mass is 259 g/mol. The van der Waals surface area contributed by atoms with Crippen LogP contribution in [0.5, 0.6) is 0 Å². The molecule has 1 N–H and O–H groups in total. The number of rotatable bonds is 4. The molecule has 0 saturated heterocycles. The molecule has 0 bridgehead atoms. The molecule has 0 aromatic carbocycles. The maximum atomic E-state index is 4.35. The number of hydrogen-bond donors (Lipinski definition) is 1. The van der Waals surface area contributed by atoms with E-state index >= 15 is 0 Å². The van der Waals surface area contributed by atoms with Crippen LogP contribution in [0.25, 0.3) is 0 Å². The van der Waals surface area contributed by atoms with Crippen molar-refractivity contribution in [1.82, 2.24) is 15.1 Å². The Morgan fingerprint density at radius 3 is 2.64 bits per heavy atom. The Morgan fingerprint density at radius 2 is 2.14 bits per heavy atom. The van der Waals surface area contributed by atoms with Crippen LogP contribution in [0.1, 0.15) is 45.5 Å². The van der Waals surface area contributed by atoms with Crippen molar-refractivity contribution in [3.05, 3.63) is 16.4 Å². The third-order valence-electron chi connectivity index (χ3n) is 2.20. The summed E-state index contributed by atoms with van der Waals surface area (Å²) in [6.07, 6.45) is 1.86. The Kier molecular flexibility index (Phi) is 4.13. The van der Waals surface area contributed by atoms with E-state index in [-0.39, 0.29) is 0 Å². The van der Waals surface area contributed by atoms with E-state index in [1.54, 1.807) is 0 Å². The van der Waals surface area contributed by atoms with Crippen molar-refractivity contribution in [1.29, 1.82) is 0 Å². The van der Waals surface area contributed by atoms with Crippen LogP contribution in [0.15, 0.2) is 10.7 Å². The average Bonchev–Trinajstić information content (AvgIpc) is 2.47. The fourth-order valence-electron chi connectivity index (χ4n) is 1.57. The molecule has 0 amide bonds. The van der Waals surface area contributed by atoms with Crippen molar-refractivity contribution in [2.24, 2.45) is 0 Å². The van der Waals surface area contributed by atoms with Gasteiger partial charge in [0.1, 0.15) is 0 Å². The molecule has 4 heteroatoms. The van der Waals surface area contributed by atoms with E-state index < -0.39 is 0 Å². The fourth-order valence-corrected chi connectivity index (χ4v) is 2.19. The number of nitrogens with zero attached hydrogens (tertiary/aromatic N) is 2. The molecule has 0 radical (unpaired) electrons. The summed E-state index contributed by atoms with van der Waals surface area (Å²) in [7, 11) is 0. The van der Waals surface area contributed by atoms with Gasteiger partial charge in [-0.05, 0) is 43.2 Å². The summed E-state index contributed by atoms with van der Waals surface area (Å²) in [5.74, 6) is 0. The first-order valence-corrected chi connectivity index (χ1v) is 5.83. The van der Waals surface area contributed by atoms with Crippen molar-refractivity contribution in [3.8, 4) is 0 Å². The fraction of sp³-hybridized carbons (Fsp3) is 0.700. The summed E-state index contributed by atoms with van der Waals surface area (Å²) in [5, 5.41) is 7.74. The minimum atomic E-state index is 0.333. The molecule has 0 aliphatic heterocycles. The maximum absolute atomic E-state index is 4.35. The van der Waals surface area contributed by atoms with E-state index in [0.29, 0.717) is 12.1 Å². The minimum absolute atomic E-state index is 0.333. The van der Waals surface area contributed by atoms with Crippen molar-refractivity contribution >= 4 is 15.9 Å². The van der Waals surface area contributed by atoms with E-state index in [4.69, 9.17) is 0 Å². The first-order valence-electron chi connectivity index (χ1n) is 5.04. The second-order valence-electron chi connectivity index (χ2n) is 3.70. The van der Waals surface area contributed by atoms with E-state index in [0.717, 1.165) is 11.0 Å². The molecular weight excluding hydrogens is 242 g/mol. The van der Waals surface area contributed by atoms with Gasteiger partial charge in [-0.3, -0.25) is 4.68 Å². The van der Waals surface area contributed by atoms with Crippen LogP contribution in [0, 0.1) is 0 Å². The van der Waals surface area contributed by atoms with Gasteiger partial charge in [0.25, 0.3) is 0 Å². The summed E-state index contributed by atoms with van der Waals surface area (Å²) in [6.45, 7) is 9.52. The zero-order valence-electron chi connectivity index (χ0n) is 9.21. The number of hydrogen-bond acceptors (Lipinski definition) is 2. The molecule has 1 aromatic rings. The Morgan fingerprint density at radius 1 is 1.50 bits per heavy atom.